The first-order valence-electron chi connectivity index (χ1n) is 13.5. The number of hydrogen-bond donors (Lipinski definition) is 1. The van der Waals surface area contributed by atoms with Crippen molar-refractivity contribution in [2.75, 3.05) is 26.2 Å². The zero-order valence-corrected chi connectivity index (χ0v) is 21.4. The van der Waals surface area contributed by atoms with Gasteiger partial charge in [-0.1, -0.05) is 33.3 Å². The van der Waals surface area contributed by atoms with Crippen LogP contribution in [0.15, 0.2) is 12.7 Å². The summed E-state index contributed by atoms with van der Waals surface area (Å²) in [6.45, 7) is 15.2. The average molecular weight is 474 g/mol. The molecular weight excluding hydrogens is 430 g/mol. The van der Waals surface area contributed by atoms with E-state index >= 15 is 0 Å². The molecule has 10 atom stereocenters. The molecule has 6 heteroatoms. The predicted molar refractivity (Wildman–Crippen MR) is 129 cm³/mol. The summed E-state index contributed by atoms with van der Waals surface area (Å²) in [5, 5.41) is 11.1. The molecule has 34 heavy (non-hydrogen) atoms. The summed E-state index contributed by atoms with van der Waals surface area (Å²) < 4.78 is 12.7. The van der Waals surface area contributed by atoms with E-state index in [2.05, 4.69) is 39.2 Å². The molecule has 0 aromatic carbocycles. The van der Waals surface area contributed by atoms with Gasteiger partial charge in [-0.15, -0.1) is 6.58 Å². The van der Waals surface area contributed by atoms with Gasteiger partial charge in [0, 0.05) is 30.5 Å². The van der Waals surface area contributed by atoms with Gasteiger partial charge in [0.05, 0.1) is 18.1 Å². The molecule has 1 N–H and O–H groups in total. The van der Waals surface area contributed by atoms with Gasteiger partial charge in [0.2, 0.25) is 0 Å². The topological polar surface area (TPSA) is 76.1 Å². The molecule has 0 amide bonds. The predicted octanol–water partition coefficient (Wildman–Crippen LogP) is 4.24. The van der Waals surface area contributed by atoms with Gasteiger partial charge in [-0.05, 0) is 68.1 Å². The van der Waals surface area contributed by atoms with Crippen LogP contribution in [0.4, 0.5) is 0 Å². The fourth-order valence-corrected chi connectivity index (χ4v) is 10.0. The van der Waals surface area contributed by atoms with Crippen LogP contribution >= 0.6 is 0 Å². The Labute approximate surface area is 204 Å². The first-order chi connectivity index (χ1) is 16.2. The van der Waals surface area contributed by atoms with E-state index in [0.717, 1.165) is 45.1 Å². The number of ether oxygens (including phenoxy) is 2. The second-order valence-corrected chi connectivity index (χ2v) is 12.6. The molecule has 1 unspecified atom stereocenters. The zero-order valence-electron chi connectivity index (χ0n) is 21.4. The number of carbonyl (C=O) groups is 2. The highest BCUT2D eigenvalue weighted by molar-refractivity contribution is 5.86. The number of fused-ring (bicyclic) bond motifs is 2. The molecule has 5 fully saturated rings. The maximum Gasteiger partial charge on any atom is 0.311 e. The Morgan fingerprint density at radius 3 is 2.68 bits per heavy atom. The zero-order chi connectivity index (χ0) is 24.5. The molecule has 1 aliphatic heterocycles. The van der Waals surface area contributed by atoms with Crippen molar-refractivity contribution in [1.29, 1.82) is 0 Å². The number of morpholine rings is 1. The molecule has 5 rings (SSSR count). The summed E-state index contributed by atoms with van der Waals surface area (Å²) in [6.07, 6.45) is 7.23. The minimum Gasteiger partial charge on any atom is -0.481 e. The van der Waals surface area contributed by atoms with Crippen LogP contribution in [-0.4, -0.2) is 60.9 Å². The molecular formula is C28H43NO5. The highest BCUT2D eigenvalue weighted by atomic mass is 16.7. The molecule has 6 nitrogen and oxygen atoms in total. The van der Waals surface area contributed by atoms with Gasteiger partial charge in [-0.3, -0.25) is 9.69 Å². The summed E-state index contributed by atoms with van der Waals surface area (Å²) in [7, 11) is 0. The standard InChI is InChI=1S/C28H43NO5/c1-6-9-29-13-19(5)34-24(14-29)33-16-27-12-21-18(4)7-8-22(21)26(15-30)11-20(27)10-23(17(2)3)28(26,27)25(31)32/h6,15,17-24H,1,7-14,16H2,2-5H3,(H,31,32)/t18-,19-,20+,21-,22-,23?,24-,26+,27+,28+/m1/s1. The minimum atomic E-state index is -1.05. The van der Waals surface area contributed by atoms with E-state index in [-0.39, 0.29) is 36.1 Å². The van der Waals surface area contributed by atoms with Gasteiger partial charge >= 0.3 is 5.97 Å². The van der Waals surface area contributed by atoms with Crippen molar-refractivity contribution in [1.82, 2.24) is 4.90 Å². The van der Waals surface area contributed by atoms with Gasteiger partial charge < -0.3 is 19.4 Å². The Morgan fingerprint density at radius 2 is 2.03 bits per heavy atom. The molecule has 5 aliphatic rings. The van der Waals surface area contributed by atoms with E-state index in [1.807, 2.05) is 6.08 Å². The lowest BCUT2D eigenvalue weighted by Gasteiger charge is -2.59. The Hall–Kier alpha value is -1.24. The highest BCUT2D eigenvalue weighted by Crippen LogP contribution is 2.84. The molecule has 190 valence electrons. The fourth-order valence-electron chi connectivity index (χ4n) is 10.0. The number of aldehydes is 1. The number of hydrogen-bond acceptors (Lipinski definition) is 5. The number of nitrogens with zero attached hydrogens (tertiary/aromatic N) is 1. The fraction of sp³-hybridized carbons (Fsp3) is 0.857. The number of rotatable bonds is 8. The summed E-state index contributed by atoms with van der Waals surface area (Å²) in [4.78, 5) is 28.9. The Balaban J connectivity index is 1.55. The molecule has 0 aromatic rings. The van der Waals surface area contributed by atoms with Crippen molar-refractivity contribution < 1.29 is 24.2 Å². The lowest BCUT2D eigenvalue weighted by molar-refractivity contribution is -0.242. The van der Waals surface area contributed by atoms with Crippen molar-refractivity contribution in [3.63, 3.8) is 0 Å². The Kier molecular flexibility index (Phi) is 6.05. The van der Waals surface area contributed by atoms with E-state index in [0.29, 0.717) is 31.4 Å². The Bertz CT molecular complexity index is 845. The van der Waals surface area contributed by atoms with Crippen LogP contribution in [0.3, 0.4) is 0 Å². The summed E-state index contributed by atoms with van der Waals surface area (Å²) in [5.74, 6) is 0.780. The smallest absolute Gasteiger partial charge is 0.311 e. The van der Waals surface area contributed by atoms with Crippen molar-refractivity contribution in [3.05, 3.63) is 12.7 Å². The van der Waals surface area contributed by atoms with Gasteiger partial charge in [-0.2, -0.15) is 0 Å². The summed E-state index contributed by atoms with van der Waals surface area (Å²) in [5.41, 5.74) is -2.34. The van der Waals surface area contributed by atoms with Crippen LogP contribution in [0.2, 0.25) is 0 Å². The first kappa shape index (κ1) is 24.5. The maximum absolute atomic E-state index is 13.5. The van der Waals surface area contributed by atoms with Crippen LogP contribution < -0.4 is 0 Å². The third kappa shape index (κ3) is 2.97. The summed E-state index contributed by atoms with van der Waals surface area (Å²) >= 11 is 0. The lowest BCUT2D eigenvalue weighted by atomic mass is 9.42. The second kappa shape index (κ2) is 8.41. The molecule has 0 radical (unpaired) electrons. The van der Waals surface area contributed by atoms with E-state index in [1.165, 1.54) is 0 Å². The molecule has 0 spiro atoms. The average Bonchev–Trinajstić information content (AvgIpc) is 3.35. The van der Waals surface area contributed by atoms with E-state index in [9.17, 15) is 14.7 Å². The minimum absolute atomic E-state index is 0.00197. The highest BCUT2D eigenvalue weighted by Gasteiger charge is 2.86. The quantitative estimate of drug-likeness (QED) is 0.420. The monoisotopic (exact) mass is 473 g/mol. The summed E-state index contributed by atoms with van der Waals surface area (Å²) in [6, 6.07) is 0. The molecule has 4 bridgehead atoms. The van der Waals surface area contributed by atoms with Crippen molar-refractivity contribution >= 4 is 12.3 Å². The number of carbonyl (C=O) groups excluding carboxylic acids is 1. The first-order valence-corrected chi connectivity index (χ1v) is 13.5. The van der Waals surface area contributed by atoms with Crippen LogP contribution in [0, 0.1) is 51.8 Å². The van der Waals surface area contributed by atoms with E-state index < -0.39 is 22.2 Å². The van der Waals surface area contributed by atoms with Crippen LogP contribution in [-0.2, 0) is 19.1 Å². The van der Waals surface area contributed by atoms with Gasteiger partial charge in [0.15, 0.2) is 6.29 Å². The molecule has 1 heterocycles. The maximum atomic E-state index is 13.5. The van der Waals surface area contributed by atoms with Gasteiger partial charge in [-0.25, -0.2) is 0 Å². The third-order valence-corrected chi connectivity index (χ3v) is 11.0. The van der Waals surface area contributed by atoms with Crippen molar-refractivity contribution in [3.8, 4) is 0 Å². The van der Waals surface area contributed by atoms with Crippen LogP contribution in [0.25, 0.3) is 0 Å². The Morgan fingerprint density at radius 1 is 1.26 bits per heavy atom. The molecule has 4 aliphatic carbocycles. The molecule has 0 aromatic heterocycles. The van der Waals surface area contributed by atoms with Gasteiger partial charge in [0.25, 0.3) is 0 Å². The second-order valence-electron chi connectivity index (χ2n) is 12.6. The number of carboxylic acid groups (broad SMARTS) is 1. The van der Waals surface area contributed by atoms with Gasteiger partial charge in [0.1, 0.15) is 6.29 Å². The lowest BCUT2D eigenvalue weighted by Crippen LogP contribution is -2.65. The van der Waals surface area contributed by atoms with Crippen molar-refractivity contribution in [2.24, 2.45) is 51.8 Å². The third-order valence-electron chi connectivity index (χ3n) is 11.0. The normalized spacial score (nSPS) is 49.9. The van der Waals surface area contributed by atoms with Crippen molar-refractivity contribution in [2.45, 2.75) is 72.2 Å². The van der Waals surface area contributed by atoms with Crippen LogP contribution in [0.5, 0.6) is 0 Å². The molecule has 1 saturated heterocycles. The molecule has 4 saturated carbocycles. The largest absolute Gasteiger partial charge is 0.481 e. The SMILES string of the molecule is C=CCN1C[C@H](OC[C@@]23C[C@@H]4[C@H](C)CC[C@H]4[C@@]4(C=O)C[C@@H]2CC(C(C)C)[C@@]34C(=O)O)O[C@H](C)C1. The van der Waals surface area contributed by atoms with Crippen LogP contribution in [0.1, 0.15) is 59.8 Å². The van der Waals surface area contributed by atoms with E-state index in [1.54, 1.807) is 0 Å². The number of aliphatic carboxylic acids is 1. The number of carboxylic acids is 1. The van der Waals surface area contributed by atoms with E-state index in [4.69, 9.17) is 9.47 Å².